The van der Waals surface area contributed by atoms with E-state index in [-0.39, 0.29) is 5.41 Å². The quantitative estimate of drug-likeness (QED) is 0.810. The van der Waals surface area contributed by atoms with Crippen molar-refractivity contribution in [3.63, 3.8) is 0 Å². The summed E-state index contributed by atoms with van der Waals surface area (Å²) in [7, 11) is 1.62. The van der Waals surface area contributed by atoms with Gasteiger partial charge in [0.25, 0.3) is 0 Å². The summed E-state index contributed by atoms with van der Waals surface area (Å²) in [6.45, 7) is 13.5. The Morgan fingerprint density at radius 1 is 0.731 bits per heavy atom. The zero-order valence-electron chi connectivity index (χ0n) is 17.3. The van der Waals surface area contributed by atoms with Gasteiger partial charge in [0.05, 0.1) is 18.3 Å². The van der Waals surface area contributed by atoms with Crippen LogP contribution in [0.3, 0.4) is 0 Å². The molecule has 0 bridgehead atoms. The van der Waals surface area contributed by atoms with Crippen LogP contribution in [0, 0.1) is 6.92 Å². The zero-order chi connectivity index (χ0) is 19.9. The third kappa shape index (κ3) is 3.94. The van der Waals surface area contributed by atoms with Crippen LogP contribution in [-0.4, -0.2) is 17.3 Å². The molecule has 142 valence electrons. The average molecular weight is 357 g/mol. The van der Waals surface area contributed by atoms with Gasteiger partial charge in [-0.3, -0.25) is 0 Å². The molecule has 0 heterocycles. The van der Waals surface area contributed by atoms with Gasteiger partial charge >= 0.3 is 0 Å². The van der Waals surface area contributed by atoms with Crippen LogP contribution in [0.5, 0.6) is 5.75 Å². The fourth-order valence-corrected chi connectivity index (χ4v) is 3.41. The largest absolute Gasteiger partial charge is 0.496 e. The van der Waals surface area contributed by atoms with Crippen molar-refractivity contribution in [3.05, 3.63) is 64.2 Å². The molecule has 2 rings (SSSR count). The summed E-state index contributed by atoms with van der Waals surface area (Å²) < 4.78 is 5.43. The van der Waals surface area contributed by atoms with Crippen molar-refractivity contribution >= 4 is 0 Å². The van der Waals surface area contributed by atoms with Gasteiger partial charge in [0.15, 0.2) is 0 Å². The number of aliphatic hydroxyl groups is 2. The minimum absolute atomic E-state index is 0.292. The van der Waals surface area contributed by atoms with Gasteiger partial charge < -0.3 is 14.9 Å². The van der Waals surface area contributed by atoms with E-state index in [4.69, 9.17) is 4.74 Å². The van der Waals surface area contributed by atoms with Crippen molar-refractivity contribution in [1.29, 1.82) is 0 Å². The molecule has 0 fully saturated rings. The molecule has 2 aromatic carbocycles. The van der Waals surface area contributed by atoms with Crippen LogP contribution >= 0.6 is 0 Å². The minimum Gasteiger partial charge on any atom is -0.496 e. The van der Waals surface area contributed by atoms with Gasteiger partial charge in [0.2, 0.25) is 0 Å². The maximum absolute atomic E-state index is 10.5. The van der Waals surface area contributed by atoms with E-state index in [2.05, 4.69) is 32.0 Å². The zero-order valence-corrected chi connectivity index (χ0v) is 17.3. The Balaban J connectivity index is 2.61. The van der Waals surface area contributed by atoms with Gasteiger partial charge in [0, 0.05) is 11.0 Å². The van der Waals surface area contributed by atoms with Crippen LogP contribution < -0.4 is 4.74 Å². The van der Waals surface area contributed by atoms with Gasteiger partial charge in [-0.05, 0) is 69.0 Å². The Hall–Kier alpha value is -1.84. The van der Waals surface area contributed by atoms with E-state index in [0.29, 0.717) is 5.75 Å². The normalized spacial score (nSPS) is 13.0. The SMILES string of the molecule is COc1ccc(C(C)(C)c2ccc(C)c(C(C)(C)O)c2)cc1C(C)(C)O. The molecule has 0 aliphatic heterocycles. The molecule has 0 saturated carbocycles. The average Bonchev–Trinajstić information content (AvgIpc) is 2.52. The molecule has 0 aromatic heterocycles. The molecule has 0 aliphatic rings. The van der Waals surface area contributed by atoms with Crippen LogP contribution in [0.1, 0.15) is 69.4 Å². The first-order valence-corrected chi connectivity index (χ1v) is 9.04. The monoisotopic (exact) mass is 356 g/mol. The van der Waals surface area contributed by atoms with Crippen molar-refractivity contribution in [2.45, 2.75) is 65.1 Å². The third-order valence-corrected chi connectivity index (χ3v) is 5.20. The Bertz CT molecular complexity index is 790. The molecule has 2 aromatic rings. The number of aryl methyl sites for hydroxylation is 1. The lowest BCUT2D eigenvalue weighted by Gasteiger charge is -2.31. The van der Waals surface area contributed by atoms with Crippen LogP contribution in [-0.2, 0) is 16.6 Å². The van der Waals surface area contributed by atoms with Gasteiger partial charge in [-0.15, -0.1) is 0 Å². The summed E-state index contributed by atoms with van der Waals surface area (Å²) in [4.78, 5) is 0. The second-order valence-electron chi connectivity index (χ2n) is 8.69. The molecule has 0 atom stereocenters. The molecule has 0 radical (unpaired) electrons. The van der Waals surface area contributed by atoms with Crippen LogP contribution in [0.4, 0.5) is 0 Å². The maximum Gasteiger partial charge on any atom is 0.124 e. The van der Waals surface area contributed by atoms with E-state index < -0.39 is 11.2 Å². The molecule has 3 nitrogen and oxygen atoms in total. The fraction of sp³-hybridized carbons (Fsp3) is 0.478. The first kappa shape index (κ1) is 20.5. The van der Waals surface area contributed by atoms with E-state index in [9.17, 15) is 10.2 Å². The van der Waals surface area contributed by atoms with Crippen LogP contribution in [0.2, 0.25) is 0 Å². The fourth-order valence-electron chi connectivity index (χ4n) is 3.41. The first-order chi connectivity index (χ1) is 11.8. The lowest BCUT2D eigenvalue weighted by Crippen LogP contribution is -2.24. The van der Waals surface area contributed by atoms with Gasteiger partial charge in [-0.1, -0.05) is 38.1 Å². The van der Waals surface area contributed by atoms with E-state index in [1.807, 2.05) is 39.0 Å². The Morgan fingerprint density at radius 2 is 1.19 bits per heavy atom. The van der Waals surface area contributed by atoms with E-state index in [0.717, 1.165) is 27.8 Å². The summed E-state index contributed by atoms with van der Waals surface area (Å²) in [6.07, 6.45) is 0. The minimum atomic E-state index is -0.997. The molecular formula is C23H32O3. The van der Waals surface area contributed by atoms with Gasteiger partial charge in [0.1, 0.15) is 5.75 Å². The van der Waals surface area contributed by atoms with Crippen molar-refractivity contribution < 1.29 is 14.9 Å². The van der Waals surface area contributed by atoms with Crippen molar-refractivity contribution in [2.24, 2.45) is 0 Å². The molecule has 0 spiro atoms. The van der Waals surface area contributed by atoms with Crippen molar-refractivity contribution in [3.8, 4) is 5.75 Å². The highest BCUT2D eigenvalue weighted by Crippen LogP contribution is 2.38. The number of benzene rings is 2. The van der Waals surface area contributed by atoms with Crippen molar-refractivity contribution in [1.82, 2.24) is 0 Å². The smallest absolute Gasteiger partial charge is 0.124 e. The summed E-state index contributed by atoms with van der Waals surface area (Å²) in [5.74, 6) is 0.679. The Morgan fingerprint density at radius 3 is 1.65 bits per heavy atom. The van der Waals surface area contributed by atoms with E-state index >= 15 is 0 Å². The lowest BCUT2D eigenvalue weighted by molar-refractivity contribution is 0.0754. The topological polar surface area (TPSA) is 49.7 Å². The number of hydrogen-bond donors (Lipinski definition) is 2. The molecule has 26 heavy (non-hydrogen) atoms. The molecule has 3 heteroatoms. The summed E-state index contributed by atoms with van der Waals surface area (Å²) in [5, 5.41) is 21.0. The number of ether oxygens (including phenoxy) is 1. The molecule has 0 aliphatic carbocycles. The van der Waals surface area contributed by atoms with E-state index in [1.165, 1.54) is 0 Å². The number of methoxy groups -OCH3 is 1. The predicted molar refractivity (Wildman–Crippen MR) is 107 cm³/mol. The summed E-state index contributed by atoms with van der Waals surface area (Å²) in [5.41, 5.74) is 2.79. The summed E-state index contributed by atoms with van der Waals surface area (Å²) in [6, 6.07) is 12.2. The first-order valence-electron chi connectivity index (χ1n) is 9.04. The molecule has 0 amide bonds. The Kier molecular flexibility index (Phi) is 5.29. The molecular weight excluding hydrogens is 324 g/mol. The second kappa shape index (κ2) is 6.71. The highest BCUT2D eigenvalue weighted by atomic mass is 16.5. The van der Waals surface area contributed by atoms with Crippen molar-refractivity contribution in [2.75, 3.05) is 7.11 Å². The summed E-state index contributed by atoms with van der Waals surface area (Å²) >= 11 is 0. The lowest BCUT2D eigenvalue weighted by atomic mass is 9.75. The standard InChI is InChI=1S/C23H32O3/c1-15-9-10-16(13-18(15)22(4,5)24)21(2,3)17-11-12-20(26-8)19(14-17)23(6,7)25/h9-14,24-25H,1-8H3. The molecule has 0 unspecified atom stereocenters. The van der Waals surface area contributed by atoms with Gasteiger partial charge in [-0.25, -0.2) is 0 Å². The molecule has 2 N–H and O–H groups in total. The number of hydrogen-bond acceptors (Lipinski definition) is 3. The second-order valence-corrected chi connectivity index (χ2v) is 8.69. The van der Waals surface area contributed by atoms with E-state index in [1.54, 1.807) is 21.0 Å². The third-order valence-electron chi connectivity index (χ3n) is 5.20. The highest BCUT2D eigenvalue weighted by Gasteiger charge is 2.29. The maximum atomic E-state index is 10.5. The van der Waals surface area contributed by atoms with Crippen LogP contribution in [0.15, 0.2) is 36.4 Å². The van der Waals surface area contributed by atoms with Gasteiger partial charge in [-0.2, -0.15) is 0 Å². The predicted octanol–water partition coefficient (Wildman–Crippen LogP) is 4.78. The Labute approximate surface area is 157 Å². The highest BCUT2D eigenvalue weighted by molar-refractivity contribution is 5.48. The molecule has 0 saturated heterocycles. The number of rotatable bonds is 5. The van der Waals surface area contributed by atoms with Crippen LogP contribution in [0.25, 0.3) is 0 Å².